The summed E-state index contributed by atoms with van der Waals surface area (Å²) in [5.74, 6) is 0.729. The van der Waals surface area contributed by atoms with Gasteiger partial charge in [0, 0.05) is 31.6 Å². The minimum Gasteiger partial charge on any atom is -0.328 e. The number of hydrogen-bond donors (Lipinski definition) is 2. The highest BCUT2D eigenvalue weighted by atomic mass is 35.5. The Labute approximate surface area is 138 Å². The molecule has 0 aliphatic rings. The summed E-state index contributed by atoms with van der Waals surface area (Å²) in [6.07, 6.45) is 0. The van der Waals surface area contributed by atoms with Gasteiger partial charge in [-0.2, -0.15) is 0 Å². The van der Waals surface area contributed by atoms with Gasteiger partial charge in [0.25, 0.3) is 0 Å². The van der Waals surface area contributed by atoms with Crippen molar-refractivity contribution in [1.82, 2.24) is 15.1 Å². The normalized spacial score (nSPS) is 9.90. The molecule has 0 aromatic rings. The second-order valence-corrected chi connectivity index (χ2v) is 6.03. The molecule has 3 N–H and O–H groups in total. The van der Waals surface area contributed by atoms with Crippen molar-refractivity contribution in [2.24, 2.45) is 5.73 Å². The molecule has 0 aliphatic heterocycles. The fraction of sp³-hybridized carbons (Fsp3) is 1.00. The van der Waals surface area contributed by atoms with Gasteiger partial charge in [-0.3, -0.25) is 0 Å². The van der Waals surface area contributed by atoms with E-state index in [1.54, 1.807) is 0 Å². The maximum Gasteiger partial charge on any atom is 0.0350 e. The zero-order valence-corrected chi connectivity index (χ0v) is 16.3. The molecule has 0 aromatic carbocycles. The highest BCUT2D eigenvalue weighted by Gasteiger charge is 1.91. The molecule has 20 heavy (non-hydrogen) atoms. The topological polar surface area (TPSA) is 44.5 Å². The van der Waals surface area contributed by atoms with Crippen LogP contribution in [0.25, 0.3) is 0 Å². The third-order valence-corrected chi connectivity index (χ3v) is 1.81. The van der Waals surface area contributed by atoms with Gasteiger partial charge in [-0.1, -0.05) is 27.7 Å². The lowest BCUT2D eigenvalue weighted by molar-refractivity contribution is 0.391. The van der Waals surface area contributed by atoms with Crippen LogP contribution in [0.1, 0.15) is 27.7 Å². The first kappa shape index (κ1) is 28.6. The minimum absolute atomic E-state index is 0. The zero-order chi connectivity index (χ0) is 15.8. The molecular weight excluding hydrogens is 295 g/mol. The van der Waals surface area contributed by atoms with E-state index >= 15 is 0 Å². The van der Waals surface area contributed by atoms with E-state index in [0.29, 0.717) is 12.1 Å². The zero-order valence-electron chi connectivity index (χ0n) is 14.7. The predicted molar refractivity (Wildman–Crippen MR) is 97.5 cm³/mol. The Kier molecular flexibility index (Phi) is 31.0. The molecule has 0 unspecified atom stereocenters. The summed E-state index contributed by atoms with van der Waals surface area (Å²) >= 11 is 5.35. The molecule has 0 rings (SSSR count). The maximum atomic E-state index is 5.35. The Morgan fingerprint density at radius 2 is 1.30 bits per heavy atom. The third-order valence-electron chi connectivity index (χ3n) is 1.64. The van der Waals surface area contributed by atoms with Crippen molar-refractivity contribution in [1.29, 1.82) is 0 Å². The van der Waals surface area contributed by atoms with E-state index < -0.39 is 0 Å². The predicted octanol–water partition coefficient (Wildman–Crippen LogP) is 2.11. The number of rotatable bonds is 6. The van der Waals surface area contributed by atoms with E-state index in [1.165, 1.54) is 0 Å². The van der Waals surface area contributed by atoms with Crippen LogP contribution in [0.15, 0.2) is 0 Å². The first-order valence-corrected chi connectivity index (χ1v) is 7.51. The molecule has 0 fully saturated rings. The standard InChI is InChI=1S/C7H18N2.C4H10ClN.C3H9N.ClH/c1-7(2)8-5-6-9(3)4;1-6(2)4-3-5;1-3(2)4;/h7-8H,5-6H2,1-4H3;3-4H2,1-2H3;3H,4H2,1-2H3;1H. The molecule has 0 spiro atoms. The van der Waals surface area contributed by atoms with Crippen molar-refractivity contribution in [3.05, 3.63) is 0 Å². The van der Waals surface area contributed by atoms with Crippen LogP contribution in [0.5, 0.6) is 0 Å². The molecule has 0 saturated carbocycles. The van der Waals surface area contributed by atoms with Crippen LogP contribution in [0.2, 0.25) is 0 Å². The first-order chi connectivity index (χ1) is 8.63. The van der Waals surface area contributed by atoms with Gasteiger partial charge in [0.05, 0.1) is 0 Å². The van der Waals surface area contributed by atoms with Crippen LogP contribution in [0, 0.1) is 0 Å². The van der Waals surface area contributed by atoms with Crippen LogP contribution < -0.4 is 11.1 Å². The van der Waals surface area contributed by atoms with Crippen molar-refractivity contribution < 1.29 is 0 Å². The SMILES string of the molecule is CC(C)N.CC(C)NCCN(C)C.CN(C)CCCl.Cl. The smallest absolute Gasteiger partial charge is 0.0350 e. The highest BCUT2D eigenvalue weighted by molar-refractivity contribution is 6.18. The van der Waals surface area contributed by atoms with Gasteiger partial charge < -0.3 is 20.9 Å². The van der Waals surface area contributed by atoms with Crippen LogP contribution in [0.4, 0.5) is 0 Å². The molecule has 0 aliphatic carbocycles. The summed E-state index contributed by atoms with van der Waals surface area (Å²) in [5.41, 5.74) is 5.11. The summed E-state index contributed by atoms with van der Waals surface area (Å²) in [7, 11) is 8.18. The molecule has 0 bridgehead atoms. The summed E-state index contributed by atoms with van der Waals surface area (Å²) in [6.45, 7) is 11.4. The van der Waals surface area contributed by atoms with Gasteiger partial charge in [-0.15, -0.1) is 24.0 Å². The lowest BCUT2D eigenvalue weighted by Gasteiger charge is -2.11. The fourth-order valence-corrected chi connectivity index (χ4v) is 1.08. The first-order valence-electron chi connectivity index (χ1n) is 6.97. The van der Waals surface area contributed by atoms with Crippen molar-refractivity contribution in [2.45, 2.75) is 39.8 Å². The van der Waals surface area contributed by atoms with Gasteiger partial charge in [0.1, 0.15) is 0 Å². The van der Waals surface area contributed by atoms with Crippen LogP contribution in [-0.2, 0) is 0 Å². The van der Waals surface area contributed by atoms with Crippen LogP contribution in [-0.4, -0.2) is 75.6 Å². The second kappa shape index (κ2) is 21.7. The third kappa shape index (κ3) is 63.0. The number of hydrogen-bond acceptors (Lipinski definition) is 4. The highest BCUT2D eigenvalue weighted by Crippen LogP contribution is 1.76. The number of halogens is 2. The van der Waals surface area contributed by atoms with Gasteiger partial charge in [0.15, 0.2) is 0 Å². The van der Waals surface area contributed by atoms with E-state index in [4.69, 9.17) is 17.3 Å². The Morgan fingerprint density at radius 3 is 1.45 bits per heavy atom. The molecule has 0 amide bonds. The molecule has 0 aromatic heterocycles. The number of likely N-dealkylation sites (N-methyl/N-ethyl adjacent to an activating group) is 1. The van der Waals surface area contributed by atoms with E-state index in [9.17, 15) is 0 Å². The molecule has 6 heteroatoms. The average molecular weight is 333 g/mol. The fourth-order valence-electron chi connectivity index (χ4n) is 0.746. The lowest BCUT2D eigenvalue weighted by atomic mass is 10.4. The molecule has 128 valence electrons. The number of nitrogens with zero attached hydrogens (tertiary/aromatic N) is 2. The van der Waals surface area contributed by atoms with Crippen LogP contribution >= 0.6 is 24.0 Å². The average Bonchev–Trinajstić information content (AvgIpc) is 2.15. The van der Waals surface area contributed by atoms with E-state index in [1.807, 2.05) is 32.8 Å². The van der Waals surface area contributed by atoms with Crippen molar-refractivity contribution in [3.8, 4) is 0 Å². The molecular formula is C14H38Cl2N4. The maximum absolute atomic E-state index is 5.35. The summed E-state index contributed by atoms with van der Waals surface area (Å²) < 4.78 is 0. The molecule has 0 atom stereocenters. The van der Waals surface area contributed by atoms with E-state index in [0.717, 1.165) is 25.5 Å². The van der Waals surface area contributed by atoms with Crippen molar-refractivity contribution >= 4 is 24.0 Å². The monoisotopic (exact) mass is 332 g/mol. The molecule has 0 saturated heterocycles. The molecule has 4 nitrogen and oxygen atoms in total. The van der Waals surface area contributed by atoms with Crippen molar-refractivity contribution in [2.75, 3.05) is 53.7 Å². The van der Waals surface area contributed by atoms with Gasteiger partial charge in [-0.25, -0.2) is 0 Å². The van der Waals surface area contributed by atoms with Gasteiger partial charge >= 0.3 is 0 Å². The Bertz CT molecular complexity index is 143. The quantitative estimate of drug-likeness (QED) is 0.731. The lowest BCUT2D eigenvalue weighted by Crippen LogP contribution is -2.30. The van der Waals surface area contributed by atoms with Gasteiger partial charge in [0.2, 0.25) is 0 Å². The summed E-state index contributed by atoms with van der Waals surface area (Å²) in [4.78, 5) is 4.22. The summed E-state index contributed by atoms with van der Waals surface area (Å²) in [6, 6.07) is 0.949. The molecule has 0 radical (unpaired) electrons. The number of nitrogens with one attached hydrogen (secondary N) is 1. The van der Waals surface area contributed by atoms with Crippen LogP contribution in [0.3, 0.4) is 0 Å². The van der Waals surface area contributed by atoms with E-state index in [2.05, 4.69) is 38.2 Å². The van der Waals surface area contributed by atoms with E-state index in [-0.39, 0.29) is 12.4 Å². The molecule has 0 heterocycles. The Balaban J connectivity index is -0.000000102. The Morgan fingerprint density at radius 1 is 0.950 bits per heavy atom. The Hall–Kier alpha value is 0.420. The van der Waals surface area contributed by atoms with Gasteiger partial charge in [-0.05, 0) is 34.2 Å². The summed E-state index contributed by atoms with van der Waals surface area (Å²) in [5, 5.41) is 3.34. The second-order valence-electron chi connectivity index (χ2n) is 5.65. The van der Waals surface area contributed by atoms with Crippen molar-refractivity contribution in [3.63, 3.8) is 0 Å². The number of alkyl halides is 1. The largest absolute Gasteiger partial charge is 0.328 e. The minimum atomic E-state index is 0. The number of nitrogens with two attached hydrogens (primary N) is 1.